The topological polar surface area (TPSA) is 26.3 Å². The van der Waals surface area contributed by atoms with Crippen LogP contribution in [0, 0.1) is 0 Å². The van der Waals surface area contributed by atoms with Crippen molar-refractivity contribution < 1.29 is 31.7 Å². The molecule has 0 saturated carbocycles. The third-order valence-corrected chi connectivity index (χ3v) is 18.0. The first-order valence-corrected chi connectivity index (χ1v) is 23.4. The molecule has 6 aromatic rings. The molecule has 0 aliphatic heterocycles. The summed E-state index contributed by atoms with van der Waals surface area (Å²) in [7, 11) is 0. The first-order chi connectivity index (χ1) is 25.4. The molecule has 0 N–H and O–H groups in total. The average molecular weight is 861 g/mol. The van der Waals surface area contributed by atoms with Crippen molar-refractivity contribution in [3.8, 4) is 22.3 Å². The van der Waals surface area contributed by atoms with E-state index in [2.05, 4.69) is 177 Å². The van der Waals surface area contributed by atoms with Crippen LogP contribution in [0.15, 0.2) is 118 Å². The van der Waals surface area contributed by atoms with Crippen LogP contribution in [-0.4, -0.2) is 0 Å². The van der Waals surface area contributed by atoms with Crippen LogP contribution >= 0.6 is 0 Å². The van der Waals surface area contributed by atoms with Gasteiger partial charge in [-0.25, -0.2) is 0 Å². The number of allylic oxidation sites excluding steroid dienone is 2. The second-order valence-corrected chi connectivity index (χ2v) is 22.1. The van der Waals surface area contributed by atoms with E-state index in [1.54, 1.807) is 0 Å². The molecule has 8 rings (SSSR count). The molecule has 0 fully saturated rings. The van der Waals surface area contributed by atoms with Crippen molar-refractivity contribution in [1.29, 1.82) is 0 Å². The van der Waals surface area contributed by atoms with Crippen LogP contribution in [0.2, 0.25) is 0 Å². The molecule has 2 nitrogen and oxygen atoms in total. The van der Waals surface area contributed by atoms with Crippen molar-refractivity contribution in [3.63, 3.8) is 0 Å². The number of rotatable bonds is 8. The summed E-state index contributed by atoms with van der Waals surface area (Å²) in [6.07, 6.45) is 6.71. The van der Waals surface area contributed by atoms with Crippen molar-refractivity contribution in [2.45, 2.75) is 86.4 Å². The third kappa shape index (κ3) is 6.76. The number of benzene rings is 4. The Labute approximate surface area is 327 Å². The molecule has 0 saturated heterocycles. The minimum atomic E-state index is -1.66. The summed E-state index contributed by atoms with van der Waals surface area (Å²) in [4.78, 5) is 0. The normalized spacial score (nSPS) is 16.7. The summed E-state index contributed by atoms with van der Waals surface area (Å²) in [5, 5.41) is 0. The average Bonchev–Trinajstić information content (AvgIpc) is 3.96. The van der Waals surface area contributed by atoms with Gasteiger partial charge in [-0.15, -0.1) is 0 Å². The molecule has 0 spiro atoms. The van der Waals surface area contributed by atoms with Gasteiger partial charge < -0.3 is 0 Å². The van der Waals surface area contributed by atoms with E-state index in [-0.39, 0.29) is 10.8 Å². The Hall–Kier alpha value is -4.21. The first kappa shape index (κ1) is 35.8. The Morgan fingerprint density at radius 2 is 0.887 bits per heavy atom. The van der Waals surface area contributed by atoms with Gasteiger partial charge in [0, 0.05) is 0 Å². The van der Waals surface area contributed by atoms with Crippen molar-refractivity contribution in [2.75, 3.05) is 0 Å². The van der Waals surface area contributed by atoms with Crippen LogP contribution in [0.5, 0.6) is 0 Å². The molecule has 2 atom stereocenters. The summed E-state index contributed by atoms with van der Waals surface area (Å²) >= 11 is -1.66. The van der Waals surface area contributed by atoms with Gasteiger partial charge in [0.15, 0.2) is 0 Å². The molecule has 2 aromatic heterocycles. The fourth-order valence-electron chi connectivity index (χ4n) is 8.01. The summed E-state index contributed by atoms with van der Waals surface area (Å²) in [5.74, 6) is 4.12. The molecule has 53 heavy (non-hydrogen) atoms. The standard InChI is InChI=1S/2C25H25O.Hf/c2*1-5-21-13-14-24(26-21)19-15-18-7-6-8-22(23(18)16-19)17-9-11-20(12-10-17)25(2,3)4;/h2*6-16H,5H2,1-4H3;. The molecule has 0 amide bonds. The molecular weight excluding hydrogens is 811 g/mol. The number of furan rings is 2. The van der Waals surface area contributed by atoms with E-state index < -0.39 is 22.9 Å². The first-order valence-electron chi connectivity index (χ1n) is 19.3. The number of aryl methyl sites for hydroxylation is 2. The number of hydrogen-bond donors (Lipinski definition) is 0. The zero-order valence-electron chi connectivity index (χ0n) is 32.4. The van der Waals surface area contributed by atoms with Gasteiger partial charge in [0.2, 0.25) is 0 Å². The Kier molecular flexibility index (Phi) is 9.38. The molecule has 0 bridgehead atoms. The number of fused-ring (bicyclic) bond motifs is 2. The Balaban J connectivity index is 1.25. The van der Waals surface area contributed by atoms with Crippen LogP contribution in [0.1, 0.15) is 119 Å². The van der Waals surface area contributed by atoms with E-state index in [1.165, 1.54) is 66.8 Å². The molecule has 0 radical (unpaired) electrons. The fraction of sp³-hybridized carbons (Fsp3) is 0.280. The quantitative estimate of drug-likeness (QED) is 0.143. The van der Waals surface area contributed by atoms with E-state index in [4.69, 9.17) is 8.83 Å². The van der Waals surface area contributed by atoms with Gasteiger partial charge in [0.1, 0.15) is 0 Å². The summed E-state index contributed by atoms with van der Waals surface area (Å²) in [6.45, 7) is 18.0. The van der Waals surface area contributed by atoms with Gasteiger partial charge in [0.05, 0.1) is 0 Å². The maximum absolute atomic E-state index is 6.58. The van der Waals surface area contributed by atoms with Crippen LogP contribution in [0.4, 0.5) is 0 Å². The second-order valence-electron chi connectivity index (χ2n) is 16.7. The predicted molar refractivity (Wildman–Crippen MR) is 219 cm³/mol. The van der Waals surface area contributed by atoms with Crippen molar-refractivity contribution in [2.24, 2.45) is 0 Å². The van der Waals surface area contributed by atoms with Crippen LogP contribution < -0.4 is 0 Å². The molecule has 2 aliphatic rings. The Bertz CT molecular complexity index is 2180. The van der Waals surface area contributed by atoms with Gasteiger partial charge in [0.25, 0.3) is 0 Å². The zero-order chi connectivity index (χ0) is 37.1. The van der Waals surface area contributed by atoms with Gasteiger partial charge in [-0.05, 0) is 0 Å². The predicted octanol–water partition coefficient (Wildman–Crippen LogP) is 13.9. The Morgan fingerprint density at radius 1 is 0.491 bits per heavy atom. The minimum absolute atomic E-state index is 0.115. The Morgan fingerprint density at radius 3 is 1.23 bits per heavy atom. The van der Waals surface area contributed by atoms with Gasteiger partial charge in [-0.2, -0.15) is 0 Å². The molecule has 266 valence electrons. The van der Waals surface area contributed by atoms with E-state index >= 15 is 0 Å². The van der Waals surface area contributed by atoms with Gasteiger partial charge in [-0.1, -0.05) is 0 Å². The third-order valence-electron chi connectivity index (χ3n) is 11.2. The van der Waals surface area contributed by atoms with E-state index in [1.807, 2.05) is 0 Å². The van der Waals surface area contributed by atoms with E-state index in [0.29, 0.717) is 7.35 Å². The maximum atomic E-state index is 6.58. The molecular formula is C50H50HfO2. The van der Waals surface area contributed by atoms with Crippen LogP contribution in [0.3, 0.4) is 0 Å². The molecule has 4 aromatic carbocycles. The second kappa shape index (κ2) is 13.9. The molecule has 2 unspecified atom stereocenters. The summed E-state index contributed by atoms with van der Waals surface area (Å²) in [6, 6.07) is 41.2. The summed E-state index contributed by atoms with van der Waals surface area (Å²) in [5.41, 5.74) is 16.4. The monoisotopic (exact) mass is 862 g/mol. The number of hydrogen-bond acceptors (Lipinski definition) is 2. The van der Waals surface area contributed by atoms with Crippen molar-refractivity contribution in [3.05, 3.63) is 166 Å². The van der Waals surface area contributed by atoms with E-state index in [0.717, 1.165) is 35.9 Å². The van der Waals surface area contributed by atoms with E-state index in [9.17, 15) is 0 Å². The SMILES string of the molecule is CCc1ccc(C2=Cc3c(-c4ccc(C(C)(C)C)cc4)cccc3[CH]2[Hf][CH]2C(c3ccc(CC)o3)=Cc3c(-c4ccc(C(C)(C)C)cc4)cccc32)o1. The summed E-state index contributed by atoms with van der Waals surface area (Å²) < 4.78 is 13.8. The molecule has 2 heterocycles. The molecule has 3 heteroatoms. The van der Waals surface area contributed by atoms with Crippen LogP contribution in [0.25, 0.3) is 45.6 Å². The zero-order valence-corrected chi connectivity index (χ0v) is 36.0. The molecule has 2 aliphatic carbocycles. The van der Waals surface area contributed by atoms with Crippen LogP contribution in [-0.2, 0) is 46.6 Å². The van der Waals surface area contributed by atoms with Gasteiger partial charge >= 0.3 is 329 Å². The van der Waals surface area contributed by atoms with Gasteiger partial charge in [-0.3, -0.25) is 0 Å². The van der Waals surface area contributed by atoms with Crippen molar-refractivity contribution in [1.82, 2.24) is 0 Å². The van der Waals surface area contributed by atoms with Crippen molar-refractivity contribution >= 4 is 23.3 Å². The fourth-order valence-corrected chi connectivity index (χ4v) is 15.2.